The molecule has 3 heteroatoms. The van der Waals surface area contributed by atoms with Crippen molar-refractivity contribution in [3.63, 3.8) is 0 Å². The first-order valence-corrected chi connectivity index (χ1v) is 5.61. The molecule has 2 rings (SSSR count). The van der Waals surface area contributed by atoms with Gasteiger partial charge in [-0.25, -0.2) is 4.98 Å². The Morgan fingerprint density at radius 2 is 2.13 bits per heavy atom. The zero-order chi connectivity index (χ0) is 10.7. The second kappa shape index (κ2) is 4.62. The summed E-state index contributed by atoms with van der Waals surface area (Å²) < 4.78 is 0. The van der Waals surface area contributed by atoms with Crippen LogP contribution in [0, 0.1) is 0 Å². The van der Waals surface area contributed by atoms with Crippen LogP contribution < -0.4 is 4.90 Å². The van der Waals surface area contributed by atoms with Crippen LogP contribution in [0.5, 0.6) is 0 Å². The molecule has 0 spiro atoms. The van der Waals surface area contributed by atoms with Gasteiger partial charge >= 0.3 is 0 Å². The number of aromatic nitrogens is 1. The van der Waals surface area contributed by atoms with E-state index in [9.17, 15) is 5.11 Å². The van der Waals surface area contributed by atoms with E-state index in [0.29, 0.717) is 0 Å². The van der Waals surface area contributed by atoms with Crippen LogP contribution in [-0.2, 0) is 0 Å². The number of anilines is 1. The number of hydrogen-bond donors (Lipinski definition) is 1. The predicted octanol–water partition coefficient (Wildman–Crippen LogP) is 1.82. The summed E-state index contributed by atoms with van der Waals surface area (Å²) in [7, 11) is 2.02. The normalized spacial score (nSPS) is 26.3. The fourth-order valence-corrected chi connectivity index (χ4v) is 2.28. The summed E-state index contributed by atoms with van der Waals surface area (Å²) in [6.07, 6.45) is 5.93. The van der Waals surface area contributed by atoms with Crippen molar-refractivity contribution in [3.05, 3.63) is 24.4 Å². The summed E-state index contributed by atoms with van der Waals surface area (Å²) in [4.78, 5) is 6.40. The molecule has 0 bridgehead atoms. The third-order valence-corrected chi connectivity index (χ3v) is 3.20. The van der Waals surface area contributed by atoms with E-state index in [0.717, 1.165) is 25.1 Å². The average Bonchev–Trinajstić information content (AvgIpc) is 2.30. The number of nitrogens with zero attached hydrogens (tertiary/aromatic N) is 2. The first-order chi connectivity index (χ1) is 7.29. The molecule has 0 radical (unpaired) electrons. The number of hydrogen-bond acceptors (Lipinski definition) is 3. The van der Waals surface area contributed by atoms with Crippen molar-refractivity contribution in [2.45, 2.75) is 37.8 Å². The lowest BCUT2D eigenvalue weighted by Crippen LogP contribution is -2.43. The molecule has 1 aliphatic rings. The Labute approximate surface area is 90.8 Å². The SMILES string of the molecule is CN(c1ccccn1)C1CCCCC1O. The van der Waals surface area contributed by atoms with Gasteiger partial charge < -0.3 is 10.0 Å². The van der Waals surface area contributed by atoms with Gasteiger partial charge in [0.25, 0.3) is 0 Å². The maximum Gasteiger partial charge on any atom is 0.128 e. The van der Waals surface area contributed by atoms with Gasteiger partial charge in [-0.15, -0.1) is 0 Å². The van der Waals surface area contributed by atoms with E-state index in [4.69, 9.17) is 0 Å². The summed E-state index contributed by atoms with van der Waals surface area (Å²) in [5.74, 6) is 0.948. The zero-order valence-corrected chi connectivity index (χ0v) is 9.13. The van der Waals surface area contributed by atoms with E-state index in [1.807, 2.05) is 25.2 Å². The first-order valence-electron chi connectivity index (χ1n) is 5.61. The highest BCUT2D eigenvalue weighted by atomic mass is 16.3. The summed E-state index contributed by atoms with van der Waals surface area (Å²) in [6.45, 7) is 0. The number of pyridine rings is 1. The molecule has 1 aromatic heterocycles. The van der Waals surface area contributed by atoms with Gasteiger partial charge in [-0.1, -0.05) is 18.9 Å². The van der Waals surface area contributed by atoms with Crippen molar-refractivity contribution in [2.24, 2.45) is 0 Å². The fourth-order valence-electron chi connectivity index (χ4n) is 2.28. The second-order valence-corrected chi connectivity index (χ2v) is 4.22. The van der Waals surface area contributed by atoms with Crippen LogP contribution in [0.2, 0.25) is 0 Å². The number of aliphatic hydroxyl groups excluding tert-OH is 1. The smallest absolute Gasteiger partial charge is 0.128 e. The van der Waals surface area contributed by atoms with E-state index in [-0.39, 0.29) is 12.1 Å². The Bertz CT molecular complexity index is 302. The quantitative estimate of drug-likeness (QED) is 0.802. The van der Waals surface area contributed by atoms with Gasteiger partial charge in [0.1, 0.15) is 5.82 Å². The van der Waals surface area contributed by atoms with Gasteiger partial charge in [-0.2, -0.15) is 0 Å². The lowest BCUT2D eigenvalue weighted by atomic mass is 9.91. The van der Waals surface area contributed by atoms with Gasteiger partial charge in [0.05, 0.1) is 12.1 Å². The van der Waals surface area contributed by atoms with E-state index in [1.54, 1.807) is 6.20 Å². The molecule has 1 fully saturated rings. The van der Waals surface area contributed by atoms with Crippen LogP contribution in [0.4, 0.5) is 5.82 Å². The highest BCUT2D eigenvalue weighted by Gasteiger charge is 2.27. The molecule has 0 saturated heterocycles. The molecule has 0 aliphatic heterocycles. The van der Waals surface area contributed by atoms with Crippen LogP contribution in [-0.4, -0.2) is 29.3 Å². The highest BCUT2D eigenvalue weighted by Crippen LogP contribution is 2.25. The second-order valence-electron chi connectivity index (χ2n) is 4.22. The summed E-state index contributed by atoms with van der Waals surface area (Å²) in [5, 5.41) is 9.93. The molecule has 0 amide bonds. The molecule has 1 heterocycles. The molecule has 1 aliphatic carbocycles. The average molecular weight is 206 g/mol. The predicted molar refractivity (Wildman–Crippen MR) is 60.9 cm³/mol. The maximum absolute atomic E-state index is 9.93. The lowest BCUT2D eigenvalue weighted by Gasteiger charge is -2.35. The Morgan fingerprint density at radius 1 is 1.33 bits per heavy atom. The van der Waals surface area contributed by atoms with Crippen molar-refractivity contribution >= 4 is 5.82 Å². The summed E-state index contributed by atoms with van der Waals surface area (Å²) in [5.41, 5.74) is 0. The lowest BCUT2D eigenvalue weighted by molar-refractivity contribution is 0.106. The van der Waals surface area contributed by atoms with Gasteiger partial charge in [0.2, 0.25) is 0 Å². The zero-order valence-electron chi connectivity index (χ0n) is 9.13. The van der Waals surface area contributed by atoms with E-state index >= 15 is 0 Å². The molecule has 1 saturated carbocycles. The van der Waals surface area contributed by atoms with Crippen LogP contribution in [0.1, 0.15) is 25.7 Å². The molecule has 15 heavy (non-hydrogen) atoms. The van der Waals surface area contributed by atoms with Crippen molar-refractivity contribution < 1.29 is 5.11 Å². The molecular formula is C12H18N2O. The van der Waals surface area contributed by atoms with Crippen molar-refractivity contribution in [2.75, 3.05) is 11.9 Å². The summed E-state index contributed by atoms with van der Waals surface area (Å²) >= 11 is 0. The largest absolute Gasteiger partial charge is 0.391 e. The molecular weight excluding hydrogens is 188 g/mol. The van der Waals surface area contributed by atoms with Crippen LogP contribution >= 0.6 is 0 Å². The number of rotatable bonds is 2. The Balaban J connectivity index is 2.09. The number of likely N-dealkylation sites (N-methyl/N-ethyl adjacent to an activating group) is 1. The third kappa shape index (κ3) is 2.29. The Hall–Kier alpha value is -1.09. The van der Waals surface area contributed by atoms with Crippen molar-refractivity contribution in [1.82, 2.24) is 4.98 Å². The Kier molecular flexibility index (Phi) is 3.21. The van der Waals surface area contributed by atoms with Crippen molar-refractivity contribution in [1.29, 1.82) is 0 Å². The van der Waals surface area contributed by atoms with Gasteiger partial charge in [-0.05, 0) is 25.0 Å². The Morgan fingerprint density at radius 3 is 2.80 bits per heavy atom. The maximum atomic E-state index is 9.93. The van der Waals surface area contributed by atoms with E-state index in [1.165, 1.54) is 6.42 Å². The monoisotopic (exact) mass is 206 g/mol. The first kappa shape index (κ1) is 10.4. The van der Waals surface area contributed by atoms with Gasteiger partial charge in [-0.3, -0.25) is 0 Å². The molecule has 0 aromatic carbocycles. The van der Waals surface area contributed by atoms with Crippen LogP contribution in [0.15, 0.2) is 24.4 Å². The number of aliphatic hydroxyl groups is 1. The van der Waals surface area contributed by atoms with Gasteiger partial charge in [0.15, 0.2) is 0 Å². The minimum absolute atomic E-state index is 0.203. The standard InChI is InChI=1S/C12H18N2O/c1-14(12-8-4-5-9-13-12)10-6-2-3-7-11(10)15/h4-5,8-11,15H,2-3,6-7H2,1H3. The molecule has 2 atom stereocenters. The van der Waals surface area contributed by atoms with Crippen molar-refractivity contribution in [3.8, 4) is 0 Å². The van der Waals surface area contributed by atoms with E-state index in [2.05, 4.69) is 9.88 Å². The molecule has 2 unspecified atom stereocenters. The minimum Gasteiger partial charge on any atom is -0.391 e. The van der Waals surface area contributed by atoms with Gasteiger partial charge in [0, 0.05) is 13.2 Å². The van der Waals surface area contributed by atoms with E-state index < -0.39 is 0 Å². The minimum atomic E-state index is -0.203. The fraction of sp³-hybridized carbons (Fsp3) is 0.583. The molecule has 1 aromatic rings. The molecule has 3 nitrogen and oxygen atoms in total. The summed E-state index contributed by atoms with van der Waals surface area (Å²) in [6, 6.07) is 6.11. The van der Waals surface area contributed by atoms with Crippen LogP contribution in [0.25, 0.3) is 0 Å². The topological polar surface area (TPSA) is 36.4 Å². The molecule has 82 valence electrons. The molecule has 1 N–H and O–H groups in total. The third-order valence-electron chi connectivity index (χ3n) is 3.20. The highest BCUT2D eigenvalue weighted by molar-refractivity contribution is 5.38. The van der Waals surface area contributed by atoms with Crippen LogP contribution in [0.3, 0.4) is 0 Å².